The lowest BCUT2D eigenvalue weighted by Crippen LogP contribution is -1.96. The number of carbonyl (C=O) groups is 1. The molecular formula is C17H16O3. The molecule has 0 aliphatic rings. The highest BCUT2D eigenvalue weighted by Crippen LogP contribution is 2.15. The highest BCUT2D eigenvalue weighted by Gasteiger charge is 1.97. The molecule has 2 rings (SSSR count). The van der Waals surface area contributed by atoms with Crippen LogP contribution in [0.3, 0.4) is 0 Å². The van der Waals surface area contributed by atoms with Crippen LogP contribution in [0, 0.1) is 0 Å². The third kappa shape index (κ3) is 4.61. The molecule has 0 radical (unpaired) electrons. The quantitative estimate of drug-likeness (QED) is 0.818. The van der Waals surface area contributed by atoms with Crippen LogP contribution in [-0.4, -0.2) is 17.7 Å². The molecule has 0 aromatic heterocycles. The average molecular weight is 268 g/mol. The van der Waals surface area contributed by atoms with Crippen LogP contribution in [-0.2, 0) is 11.2 Å². The summed E-state index contributed by atoms with van der Waals surface area (Å²) >= 11 is 0. The third-order valence-electron chi connectivity index (χ3n) is 2.78. The highest BCUT2D eigenvalue weighted by molar-refractivity contribution is 5.79. The first-order chi connectivity index (χ1) is 9.74. The Morgan fingerprint density at radius 1 is 1.00 bits per heavy atom. The first kappa shape index (κ1) is 13.9. The van der Waals surface area contributed by atoms with Gasteiger partial charge in [-0.3, -0.25) is 0 Å². The second kappa shape index (κ2) is 7.14. The van der Waals surface area contributed by atoms with Gasteiger partial charge in [-0.05, 0) is 35.8 Å². The normalized spacial score (nSPS) is 10.6. The predicted molar refractivity (Wildman–Crippen MR) is 78.0 cm³/mol. The van der Waals surface area contributed by atoms with Crippen molar-refractivity contribution in [2.45, 2.75) is 6.42 Å². The first-order valence-corrected chi connectivity index (χ1v) is 6.39. The average Bonchev–Trinajstić information content (AvgIpc) is 2.46. The molecule has 3 nitrogen and oxygen atoms in total. The summed E-state index contributed by atoms with van der Waals surface area (Å²) in [6, 6.07) is 18.1. The van der Waals surface area contributed by atoms with Crippen molar-refractivity contribution < 1.29 is 14.6 Å². The van der Waals surface area contributed by atoms with Crippen molar-refractivity contribution in [2.75, 3.05) is 6.61 Å². The van der Waals surface area contributed by atoms with Crippen molar-refractivity contribution in [3.63, 3.8) is 0 Å². The number of carboxylic acids is 1. The van der Waals surface area contributed by atoms with Crippen molar-refractivity contribution in [3.05, 3.63) is 77.9 Å². The molecule has 3 heteroatoms. The maximum absolute atomic E-state index is 10.3. The van der Waals surface area contributed by atoms with E-state index in [-0.39, 0.29) is 6.61 Å². The standard InChI is InChI=1S/C17H16O3/c18-17(19)7-4-12-20-16-10-8-15(9-11-16)13-14-5-2-1-3-6-14/h1-11H,12-13H2,(H,18,19). The van der Waals surface area contributed by atoms with Gasteiger partial charge in [-0.2, -0.15) is 0 Å². The topological polar surface area (TPSA) is 46.5 Å². The number of carboxylic acid groups (broad SMARTS) is 1. The maximum atomic E-state index is 10.3. The Kier molecular flexibility index (Phi) is 4.95. The molecule has 0 saturated heterocycles. The van der Waals surface area contributed by atoms with Gasteiger partial charge in [0.2, 0.25) is 0 Å². The molecule has 1 N–H and O–H groups in total. The Bertz CT molecular complexity index is 571. The van der Waals surface area contributed by atoms with E-state index in [1.165, 1.54) is 17.2 Å². The lowest BCUT2D eigenvalue weighted by molar-refractivity contribution is -0.131. The fourth-order valence-electron chi connectivity index (χ4n) is 1.83. The summed E-state index contributed by atoms with van der Waals surface area (Å²) in [5.74, 6) is -0.233. The van der Waals surface area contributed by atoms with Gasteiger partial charge in [0.05, 0.1) is 0 Å². The molecule has 0 amide bonds. The van der Waals surface area contributed by atoms with E-state index in [0.29, 0.717) is 0 Å². The Morgan fingerprint density at radius 2 is 1.65 bits per heavy atom. The van der Waals surface area contributed by atoms with Crippen molar-refractivity contribution in [2.24, 2.45) is 0 Å². The molecule has 102 valence electrons. The zero-order valence-electron chi connectivity index (χ0n) is 11.0. The Morgan fingerprint density at radius 3 is 2.30 bits per heavy atom. The van der Waals surface area contributed by atoms with Crippen molar-refractivity contribution in [1.82, 2.24) is 0 Å². The van der Waals surface area contributed by atoms with Crippen LogP contribution in [0.5, 0.6) is 5.75 Å². The molecule has 0 spiro atoms. The van der Waals surface area contributed by atoms with Crippen molar-refractivity contribution >= 4 is 5.97 Å². The summed E-state index contributed by atoms with van der Waals surface area (Å²) in [5, 5.41) is 8.44. The molecule has 0 saturated carbocycles. The van der Waals surface area contributed by atoms with Gasteiger partial charge in [0.15, 0.2) is 0 Å². The smallest absolute Gasteiger partial charge is 0.328 e. The molecule has 0 bridgehead atoms. The van der Waals surface area contributed by atoms with E-state index in [2.05, 4.69) is 12.1 Å². The first-order valence-electron chi connectivity index (χ1n) is 6.39. The number of rotatable bonds is 6. The Balaban J connectivity index is 1.88. The minimum Gasteiger partial charge on any atom is -0.490 e. The molecule has 0 heterocycles. The van der Waals surface area contributed by atoms with Crippen LogP contribution in [0.2, 0.25) is 0 Å². The van der Waals surface area contributed by atoms with Gasteiger partial charge in [0.25, 0.3) is 0 Å². The molecule has 2 aromatic carbocycles. The van der Waals surface area contributed by atoms with Crippen LogP contribution in [0.15, 0.2) is 66.7 Å². The number of hydrogen-bond donors (Lipinski definition) is 1. The number of aliphatic carboxylic acids is 1. The number of benzene rings is 2. The fraction of sp³-hybridized carbons (Fsp3) is 0.118. The van der Waals surface area contributed by atoms with Gasteiger partial charge in [0, 0.05) is 6.08 Å². The second-order valence-corrected chi connectivity index (χ2v) is 4.36. The zero-order valence-corrected chi connectivity index (χ0v) is 11.0. The van der Waals surface area contributed by atoms with E-state index in [1.54, 1.807) is 0 Å². The van der Waals surface area contributed by atoms with Gasteiger partial charge in [-0.1, -0.05) is 42.5 Å². The summed E-state index contributed by atoms with van der Waals surface area (Å²) in [6.07, 6.45) is 3.43. The minimum atomic E-state index is -0.966. The van der Waals surface area contributed by atoms with Crippen molar-refractivity contribution in [1.29, 1.82) is 0 Å². The van der Waals surface area contributed by atoms with Gasteiger partial charge >= 0.3 is 5.97 Å². The van der Waals surface area contributed by atoms with Gasteiger partial charge in [0.1, 0.15) is 12.4 Å². The van der Waals surface area contributed by atoms with E-state index in [4.69, 9.17) is 9.84 Å². The van der Waals surface area contributed by atoms with E-state index in [1.807, 2.05) is 42.5 Å². The van der Waals surface area contributed by atoms with Gasteiger partial charge in [-0.25, -0.2) is 4.79 Å². The summed E-state index contributed by atoms with van der Waals surface area (Å²) < 4.78 is 5.41. The van der Waals surface area contributed by atoms with Crippen LogP contribution in [0.4, 0.5) is 0 Å². The fourth-order valence-corrected chi connectivity index (χ4v) is 1.83. The number of ether oxygens (including phenoxy) is 1. The molecular weight excluding hydrogens is 252 g/mol. The molecule has 2 aromatic rings. The summed E-state index contributed by atoms with van der Waals surface area (Å²) in [5.41, 5.74) is 2.48. The largest absolute Gasteiger partial charge is 0.490 e. The molecule has 0 atom stereocenters. The zero-order chi connectivity index (χ0) is 14.2. The van der Waals surface area contributed by atoms with Crippen LogP contribution in [0.1, 0.15) is 11.1 Å². The lowest BCUT2D eigenvalue weighted by Gasteiger charge is -2.05. The van der Waals surface area contributed by atoms with Crippen LogP contribution < -0.4 is 4.74 Å². The highest BCUT2D eigenvalue weighted by atomic mass is 16.5. The predicted octanol–water partition coefficient (Wildman–Crippen LogP) is 3.30. The monoisotopic (exact) mass is 268 g/mol. The molecule has 20 heavy (non-hydrogen) atoms. The van der Waals surface area contributed by atoms with E-state index in [0.717, 1.165) is 18.2 Å². The van der Waals surface area contributed by atoms with E-state index < -0.39 is 5.97 Å². The van der Waals surface area contributed by atoms with Crippen LogP contribution in [0.25, 0.3) is 0 Å². The maximum Gasteiger partial charge on any atom is 0.328 e. The minimum absolute atomic E-state index is 0.254. The van der Waals surface area contributed by atoms with Gasteiger partial charge in [-0.15, -0.1) is 0 Å². The number of hydrogen-bond acceptors (Lipinski definition) is 2. The SMILES string of the molecule is O=C(O)C=CCOc1ccc(Cc2ccccc2)cc1. The lowest BCUT2D eigenvalue weighted by atomic mass is 10.1. The second-order valence-electron chi connectivity index (χ2n) is 4.36. The summed E-state index contributed by atoms with van der Waals surface area (Å²) in [4.78, 5) is 10.3. The molecule has 0 aliphatic carbocycles. The van der Waals surface area contributed by atoms with E-state index >= 15 is 0 Å². The molecule has 0 fully saturated rings. The third-order valence-corrected chi connectivity index (χ3v) is 2.78. The van der Waals surface area contributed by atoms with Gasteiger partial charge < -0.3 is 9.84 Å². The van der Waals surface area contributed by atoms with Crippen LogP contribution >= 0.6 is 0 Å². The Hall–Kier alpha value is -2.55. The van der Waals surface area contributed by atoms with Crippen molar-refractivity contribution in [3.8, 4) is 5.75 Å². The molecule has 0 unspecified atom stereocenters. The van der Waals surface area contributed by atoms with E-state index in [9.17, 15) is 4.79 Å². The molecule has 0 aliphatic heterocycles. The Labute approximate surface area is 118 Å². The summed E-state index contributed by atoms with van der Waals surface area (Å²) in [7, 11) is 0. The summed E-state index contributed by atoms with van der Waals surface area (Å²) in [6.45, 7) is 0.254.